The molecule has 1 atom stereocenters. The molecule has 1 heterocycles. The molecule has 3 nitrogen and oxygen atoms in total. The Hall–Kier alpha value is -0.120. The summed E-state index contributed by atoms with van der Waals surface area (Å²) in [7, 11) is 0. The molecule has 0 aromatic rings. The summed E-state index contributed by atoms with van der Waals surface area (Å²) in [6.45, 7) is 1.58. The first-order valence-corrected chi connectivity index (χ1v) is 4.76. The lowest BCUT2D eigenvalue weighted by Gasteiger charge is -2.38. The van der Waals surface area contributed by atoms with Crippen LogP contribution in [-0.2, 0) is 9.47 Å². The highest BCUT2D eigenvalue weighted by Gasteiger charge is 2.45. The van der Waals surface area contributed by atoms with E-state index in [9.17, 15) is 0 Å². The fourth-order valence-corrected chi connectivity index (χ4v) is 2.27. The number of rotatable bonds is 1. The fraction of sp³-hybridized carbons (Fsp3) is 1.00. The monoisotopic (exact) mass is 172 g/mol. The van der Waals surface area contributed by atoms with Crippen molar-refractivity contribution in [2.45, 2.75) is 31.5 Å². The third kappa shape index (κ3) is 1.26. The molecule has 70 valence electrons. The van der Waals surface area contributed by atoms with E-state index in [2.05, 4.69) is 0 Å². The standard InChI is InChI=1S/C9H16O3/c10-7-8-3-1-2-4-9(8)11-5-6-12-9/h8,10H,1-7H2/t8-/m0/s1. The van der Waals surface area contributed by atoms with Crippen molar-refractivity contribution in [2.75, 3.05) is 19.8 Å². The molecular weight excluding hydrogens is 156 g/mol. The SMILES string of the molecule is OC[C@@H]1CCCCC12OCCO2. The highest BCUT2D eigenvalue weighted by Crippen LogP contribution is 2.39. The second kappa shape index (κ2) is 3.32. The Labute approximate surface area is 72.7 Å². The average molecular weight is 172 g/mol. The molecule has 1 N–H and O–H groups in total. The minimum atomic E-state index is -0.410. The van der Waals surface area contributed by atoms with Gasteiger partial charge in [0.15, 0.2) is 5.79 Å². The first-order chi connectivity index (χ1) is 5.87. The summed E-state index contributed by atoms with van der Waals surface area (Å²) >= 11 is 0. The zero-order valence-corrected chi connectivity index (χ0v) is 7.29. The quantitative estimate of drug-likeness (QED) is 0.639. The van der Waals surface area contributed by atoms with Crippen LogP contribution in [0.25, 0.3) is 0 Å². The largest absolute Gasteiger partial charge is 0.396 e. The first-order valence-electron chi connectivity index (χ1n) is 4.76. The lowest BCUT2D eigenvalue weighted by molar-refractivity contribution is -0.219. The number of ether oxygens (including phenoxy) is 2. The van der Waals surface area contributed by atoms with Gasteiger partial charge < -0.3 is 14.6 Å². The average Bonchev–Trinajstić information content (AvgIpc) is 2.55. The molecule has 2 fully saturated rings. The van der Waals surface area contributed by atoms with Crippen LogP contribution in [0.5, 0.6) is 0 Å². The topological polar surface area (TPSA) is 38.7 Å². The van der Waals surface area contributed by atoms with Crippen LogP contribution < -0.4 is 0 Å². The maximum atomic E-state index is 9.16. The van der Waals surface area contributed by atoms with Gasteiger partial charge in [-0.3, -0.25) is 0 Å². The first kappa shape index (κ1) is 8.48. The highest BCUT2D eigenvalue weighted by atomic mass is 16.7. The molecule has 1 aliphatic heterocycles. The minimum Gasteiger partial charge on any atom is -0.396 e. The van der Waals surface area contributed by atoms with Gasteiger partial charge in [0.05, 0.1) is 19.8 Å². The Morgan fingerprint density at radius 2 is 2.00 bits per heavy atom. The molecule has 2 aliphatic rings. The van der Waals surface area contributed by atoms with Gasteiger partial charge in [-0.2, -0.15) is 0 Å². The van der Waals surface area contributed by atoms with Gasteiger partial charge in [0.2, 0.25) is 0 Å². The second-order valence-corrected chi connectivity index (χ2v) is 3.63. The lowest BCUT2D eigenvalue weighted by atomic mass is 9.84. The van der Waals surface area contributed by atoms with Crippen LogP contribution in [0.4, 0.5) is 0 Å². The molecule has 12 heavy (non-hydrogen) atoms. The summed E-state index contributed by atoms with van der Waals surface area (Å²) in [5, 5.41) is 9.16. The van der Waals surface area contributed by atoms with Crippen LogP contribution in [-0.4, -0.2) is 30.7 Å². The molecule has 0 unspecified atom stereocenters. The van der Waals surface area contributed by atoms with Gasteiger partial charge >= 0.3 is 0 Å². The summed E-state index contributed by atoms with van der Waals surface area (Å²) in [6, 6.07) is 0. The highest BCUT2D eigenvalue weighted by molar-refractivity contribution is 4.86. The number of aliphatic hydroxyl groups excluding tert-OH is 1. The zero-order chi connectivity index (χ0) is 8.44. The van der Waals surface area contributed by atoms with Crippen LogP contribution in [0.1, 0.15) is 25.7 Å². The molecule has 0 aromatic heterocycles. The Morgan fingerprint density at radius 3 is 2.67 bits per heavy atom. The molecule has 1 spiro atoms. The van der Waals surface area contributed by atoms with E-state index in [0.717, 1.165) is 19.3 Å². The predicted molar refractivity (Wildman–Crippen MR) is 43.7 cm³/mol. The van der Waals surface area contributed by atoms with Gasteiger partial charge in [0.1, 0.15) is 0 Å². The van der Waals surface area contributed by atoms with Crippen molar-refractivity contribution in [3.63, 3.8) is 0 Å². The van der Waals surface area contributed by atoms with Gasteiger partial charge in [-0.15, -0.1) is 0 Å². The minimum absolute atomic E-state index is 0.194. The smallest absolute Gasteiger partial charge is 0.173 e. The van der Waals surface area contributed by atoms with Gasteiger partial charge in [0, 0.05) is 12.3 Å². The van der Waals surface area contributed by atoms with Gasteiger partial charge in [-0.1, -0.05) is 6.42 Å². The number of hydrogen-bond acceptors (Lipinski definition) is 3. The van der Waals surface area contributed by atoms with Crippen molar-refractivity contribution in [3.05, 3.63) is 0 Å². The van der Waals surface area contributed by atoms with Crippen LogP contribution >= 0.6 is 0 Å². The van der Waals surface area contributed by atoms with E-state index in [1.807, 2.05) is 0 Å². The summed E-state index contributed by atoms with van der Waals surface area (Å²) in [6.07, 6.45) is 4.35. The molecule has 0 aromatic carbocycles. The summed E-state index contributed by atoms with van der Waals surface area (Å²) in [5.74, 6) is -0.207. The summed E-state index contributed by atoms with van der Waals surface area (Å²) < 4.78 is 11.2. The van der Waals surface area contributed by atoms with Crippen molar-refractivity contribution < 1.29 is 14.6 Å². The Morgan fingerprint density at radius 1 is 1.25 bits per heavy atom. The molecule has 0 bridgehead atoms. The molecule has 2 rings (SSSR count). The zero-order valence-electron chi connectivity index (χ0n) is 7.29. The van der Waals surface area contributed by atoms with Crippen LogP contribution in [0.2, 0.25) is 0 Å². The van der Waals surface area contributed by atoms with E-state index >= 15 is 0 Å². The van der Waals surface area contributed by atoms with Crippen molar-refractivity contribution in [1.29, 1.82) is 0 Å². The summed E-state index contributed by atoms with van der Waals surface area (Å²) in [4.78, 5) is 0. The maximum Gasteiger partial charge on any atom is 0.173 e. The third-order valence-electron chi connectivity index (χ3n) is 2.95. The van der Waals surface area contributed by atoms with Gasteiger partial charge in [0.25, 0.3) is 0 Å². The van der Waals surface area contributed by atoms with Crippen molar-refractivity contribution in [3.8, 4) is 0 Å². The maximum absolute atomic E-state index is 9.16. The molecule has 0 radical (unpaired) electrons. The Balaban J connectivity index is 2.07. The third-order valence-corrected chi connectivity index (χ3v) is 2.95. The molecule has 1 saturated heterocycles. The number of aliphatic hydroxyl groups is 1. The molecule has 3 heteroatoms. The van der Waals surface area contributed by atoms with E-state index in [1.54, 1.807) is 0 Å². The van der Waals surface area contributed by atoms with E-state index in [4.69, 9.17) is 14.6 Å². The Bertz CT molecular complexity index is 152. The summed E-state index contributed by atoms with van der Waals surface area (Å²) in [5.41, 5.74) is 0. The van der Waals surface area contributed by atoms with Crippen molar-refractivity contribution >= 4 is 0 Å². The molecular formula is C9H16O3. The second-order valence-electron chi connectivity index (χ2n) is 3.63. The van der Waals surface area contributed by atoms with Gasteiger partial charge in [-0.25, -0.2) is 0 Å². The van der Waals surface area contributed by atoms with Crippen molar-refractivity contribution in [2.24, 2.45) is 5.92 Å². The van der Waals surface area contributed by atoms with Crippen LogP contribution in [0, 0.1) is 5.92 Å². The van der Waals surface area contributed by atoms with Crippen molar-refractivity contribution in [1.82, 2.24) is 0 Å². The van der Waals surface area contributed by atoms with E-state index in [0.29, 0.717) is 13.2 Å². The fourth-order valence-electron chi connectivity index (χ4n) is 2.27. The molecule has 1 saturated carbocycles. The Kier molecular flexibility index (Phi) is 2.35. The normalized spacial score (nSPS) is 34.2. The van der Waals surface area contributed by atoms with E-state index < -0.39 is 5.79 Å². The molecule has 1 aliphatic carbocycles. The molecule has 0 amide bonds. The number of hydrogen-bond donors (Lipinski definition) is 1. The predicted octanol–water partition coefficient (Wildman–Crippen LogP) is 0.912. The van der Waals surface area contributed by atoms with E-state index in [1.165, 1.54) is 6.42 Å². The van der Waals surface area contributed by atoms with E-state index in [-0.39, 0.29) is 12.5 Å². The van der Waals surface area contributed by atoms with Crippen LogP contribution in [0.15, 0.2) is 0 Å². The van der Waals surface area contributed by atoms with Crippen LogP contribution in [0.3, 0.4) is 0 Å². The lowest BCUT2D eigenvalue weighted by Crippen LogP contribution is -2.43. The van der Waals surface area contributed by atoms with Gasteiger partial charge in [-0.05, 0) is 12.8 Å².